The highest BCUT2D eigenvalue weighted by Crippen LogP contribution is 2.39. The topological polar surface area (TPSA) is 87.4 Å². The molecule has 0 N–H and O–H groups in total. The van der Waals surface area contributed by atoms with E-state index in [0.717, 1.165) is 11.6 Å². The van der Waals surface area contributed by atoms with E-state index in [0.29, 0.717) is 16.9 Å². The fourth-order valence-electron chi connectivity index (χ4n) is 3.36. The van der Waals surface area contributed by atoms with E-state index >= 15 is 8.78 Å². The first kappa shape index (κ1) is 22.3. The van der Waals surface area contributed by atoms with Crippen molar-refractivity contribution in [3.63, 3.8) is 0 Å². The van der Waals surface area contributed by atoms with E-state index in [2.05, 4.69) is 20.1 Å². The van der Waals surface area contributed by atoms with E-state index in [9.17, 15) is 0 Å². The van der Waals surface area contributed by atoms with Gasteiger partial charge in [-0.1, -0.05) is 0 Å². The fourth-order valence-corrected chi connectivity index (χ4v) is 3.36. The molecule has 0 spiro atoms. The summed E-state index contributed by atoms with van der Waals surface area (Å²) >= 11 is 0. The van der Waals surface area contributed by atoms with Gasteiger partial charge in [0, 0.05) is 38.5 Å². The molecule has 0 radical (unpaired) electrons. The molecule has 9 nitrogen and oxygen atoms in total. The molecule has 0 saturated carbocycles. The van der Waals surface area contributed by atoms with E-state index in [1.165, 1.54) is 26.2 Å². The van der Waals surface area contributed by atoms with Crippen LogP contribution in [-0.4, -0.2) is 59.2 Å². The molecule has 4 aromatic rings. The second kappa shape index (κ2) is 9.33. The molecule has 0 aliphatic heterocycles. The van der Waals surface area contributed by atoms with Crippen molar-refractivity contribution in [2.45, 2.75) is 0 Å². The van der Waals surface area contributed by atoms with Crippen molar-refractivity contribution < 1.29 is 23.0 Å². The summed E-state index contributed by atoms with van der Waals surface area (Å²) in [4.78, 5) is 14.9. The van der Waals surface area contributed by atoms with Gasteiger partial charge in [-0.2, -0.15) is 5.10 Å². The minimum absolute atomic E-state index is 0.106. The molecule has 11 heteroatoms. The molecular weight excluding hydrogens is 434 g/mol. The number of fused-ring (bicyclic) bond motifs is 1. The van der Waals surface area contributed by atoms with Gasteiger partial charge in [0.15, 0.2) is 28.8 Å². The lowest BCUT2D eigenvalue weighted by Crippen LogP contribution is -2.25. The summed E-state index contributed by atoms with van der Waals surface area (Å²) < 4.78 is 47.5. The van der Waals surface area contributed by atoms with Crippen molar-refractivity contribution >= 4 is 22.7 Å². The molecule has 0 aliphatic rings. The number of halogens is 2. The maximum atomic E-state index is 15.2. The third-order valence-corrected chi connectivity index (χ3v) is 5.01. The number of hydrogen-bond donors (Lipinski definition) is 0. The van der Waals surface area contributed by atoms with E-state index in [1.54, 1.807) is 42.5 Å². The highest BCUT2D eigenvalue weighted by atomic mass is 19.1. The van der Waals surface area contributed by atoms with Crippen LogP contribution in [0, 0.1) is 11.6 Å². The van der Waals surface area contributed by atoms with Crippen LogP contribution in [0.2, 0.25) is 0 Å². The second-order valence-electron chi connectivity index (χ2n) is 7.07. The lowest BCUT2D eigenvalue weighted by atomic mass is 10.2. The number of anilines is 2. The zero-order valence-corrected chi connectivity index (χ0v) is 18.5. The predicted molar refractivity (Wildman–Crippen MR) is 118 cm³/mol. The van der Waals surface area contributed by atoms with E-state index in [4.69, 9.17) is 14.2 Å². The third kappa shape index (κ3) is 4.27. The number of benzene rings is 1. The average molecular weight is 456 g/mol. The van der Waals surface area contributed by atoms with Gasteiger partial charge in [0.05, 0.1) is 38.9 Å². The molecule has 4 rings (SSSR count). The summed E-state index contributed by atoms with van der Waals surface area (Å²) in [6.07, 6.45) is 5.09. The first-order chi connectivity index (χ1) is 16.0. The summed E-state index contributed by atoms with van der Waals surface area (Å²) in [5.74, 6) is -1.84. The first-order valence-corrected chi connectivity index (χ1v) is 9.96. The van der Waals surface area contributed by atoms with E-state index in [-0.39, 0.29) is 36.2 Å². The number of aryl methyl sites for hydroxylation is 1. The SMILES string of the molecule is COCCN(c1ccc2ncc(-c3cnn(C)c3)nc2n1)c1c(F)c(OC)cc(OC)c1F. The highest BCUT2D eigenvalue weighted by Gasteiger charge is 2.27. The van der Waals surface area contributed by atoms with Crippen molar-refractivity contribution in [2.75, 3.05) is 39.4 Å². The van der Waals surface area contributed by atoms with Crippen LogP contribution in [0.1, 0.15) is 0 Å². The standard InChI is InChI=1S/C22H22F2N6O3/c1-29-12-13(10-26-29)15-11-25-14-5-6-18(28-22(14)27-15)30(7-8-31-2)21-19(23)16(32-3)9-17(33-4)20(21)24/h5-6,9-12H,7-8H2,1-4H3. The maximum Gasteiger partial charge on any atom is 0.191 e. The van der Waals surface area contributed by atoms with Gasteiger partial charge in [0.2, 0.25) is 0 Å². The minimum atomic E-state index is -0.885. The van der Waals surface area contributed by atoms with Gasteiger partial charge >= 0.3 is 0 Å². The van der Waals surface area contributed by atoms with E-state index < -0.39 is 11.6 Å². The van der Waals surface area contributed by atoms with E-state index in [1.807, 2.05) is 0 Å². The number of hydrogen-bond acceptors (Lipinski definition) is 8. The van der Waals surface area contributed by atoms with Gasteiger partial charge in [-0.05, 0) is 12.1 Å². The van der Waals surface area contributed by atoms with Crippen LogP contribution in [0.4, 0.5) is 20.3 Å². The Morgan fingerprint density at radius 1 is 1.00 bits per heavy atom. The Kier molecular flexibility index (Phi) is 6.31. The van der Waals surface area contributed by atoms with Crippen LogP contribution in [0.25, 0.3) is 22.4 Å². The largest absolute Gasteiger partial charge is 0.493 e. The monoisotopic (exact) mass is 456 g/mol. The van der Waals surface area contributed by atoms with Gasteiger partial charge in [0.25, 0.3) is 0 Å². The summed E-state index contributed by atoms with van der Waals surface area (Å²) in [5, 5.41) is 4.14. The lowest BCUT2D eigenvalue weighted by molar-refractivity contribution is 0.207. The molecule has 0 atom stereocenters. The summed E-state index contributed by atoms with van der Waals surface area (Å²) in [7, 11) is 5.88. The lowest BCUT2D eigenvalue weighted by Gasteiger charge is -2.26. The van der Waals surface area contributed by atoms with Gasteiger partial charge < -0.3 is 19.1 Å². The molecule has 0 aliphatic carbocycles. The Hall–Kier alpha value is -3.86. The maximum absolute atomic E-state index is 15.2. The van der Waals surface area contributed by atoms with Crippen molar-refractivity contribution in [3.05, 3.63) is 48.4 Å². The predicted octanol–water partition coefficient (Wildman–Crippen LogP) is 3.51. The Bertz CT molecular complexity index is 1270. The number of methoxy groups -OCH3 is 3. The molecule has 33 heavy (non-hydrogen) atoms. The summed E-state index contributed by atoms with van der Waals surface area (Å²) in [5.41, 5.74) is 1.81. The first-order valence-electron chi connectivity index (χ1n) is 9.96. The molecule has 0 fully saturated rings. The van der Waals surface area contributed by atoms with Crippen LogP contribution >= 0.6 is 0 Å². The Labute approximate surface area is 188 Å². The highest BCUT2D eigenvalue weighted by molar-refractivity contribution is 5.77. The normalized spacial score (nSPS) is 11.1. The number of ether oxygens (including phenoxy) is 3. The Morgan fingerprint density at radius 3 is 2.33 bits per heavy atom. The molecule has 0 saturated heterocycles. The summed E-state index contributed by atoms with van der Waals surface area (Å²) in [6, 6.07) is 4.45. The summed E-state index contributed by atoms with van der Waals surface area (Å²) in [6.45, 7) is 0.286. The van der Waals surface area contributed by atoms with Crippen LogP contribution in [-0.2, 0) is 11.8 Å². The second-order valence-corrected chi connectivity index (χ2v) is 7.07. The molecule has 1 aromatic carbocycles. The zero-order valence-electron chi connectivity index (χ0n) is 18.5. The molecule has 3 aromatic heterocycles. The molecule has 0 bridgehead atoms. The van der Waals surface area contributed by atoms with Gasteiger partial charge in [-0.15, -0.1) is 0 Å². The van der Waals surface area contributed by atoms with Crippen molar-refractivity contribution in [3.8, 4) is 22.8 Å². The number of aromatic nitrogens is 5. The molecule has 0 amide bonds. The Balaban J connectivity index is 1.86. The average Bonchev–Trinajstić information content (AvgIpc) is 3.27. The smallest absolute Gasteiger partial charge is 0.191 e. The quantitative estimate of drug-likeness (QED) is 0.398. The minimum Gasteiger partial charge on any atom is -0.493 e. The van der Waals surface area contributed by atoms with Crippen LogP contribution in [0.3, 0.4) is 0 Å². The molecule has 172 valence electrons. The van der Waals surface area contributed by atoms with Gasteiger partial charge in [0.1, 0.15) is 17.0 Å². The molecular formula is C22H22F2N6O3. The number of rotatable bonds is 8. The van der Waals surface area contributed by atoms with Gasteiger partial charge in [-0.3, -0.25) is 9.67 Å². The number of pyridine rings is 1. The van der Waals surface area contributed by atoms with Crippen molar-refractivity contribution in [1.29, 1.82) is 0 Å². The fraction of sp³-hybridized carbons (Fsp3) is 0.273. The third-order valence-electron chi connectivity index (χ3n) is 5.01. The van der Waals surface area contributed by atoms with Gasteiger partial charge in [-0.25, -0.2) is 18.7 Å². The van der Waals surface area contributed by atoms with Crippen LogP contribution in [0.15, 0.2) is 36.8 Å². The zero-order chi connectivity index (χ0) is 23.5. The Morgan fingerprint density at radius 2 is 1.73 bits per heavy atom. The molecule has 3 heterocycles. The number of nitrogens with zero attached hydrogens (tertiary/aromatic N) is 6. The van der Waals surface area contributed by atoms with Crippen molar-refractivity contribution in [1.82, 2.24) is 24.7 Å². The van der Waals surface area contributed by atoms with Crippen molar-refractivity contribution in [2.24, 2.45) is 7.05 Å². The van der Waals surface area contributed by atoms with Crippen LogP contribution < -0.4 is 14.4 Å². The van der Waals surface area contributed by atoms with Crippen LogP contribution in [0.5, 0.6) is 11.5 Å². The molecule has 0 unspecified atom stereocenters.